The molecule has 72 heavy (non-hydrogen) atoms. The Bertz CT molecular complexity index is 2060. The molecule has 1 aliphatic rings. The van der Waals surface area contributed by atoms with E-state index in [0.717, 1.165) is 44.9 Å². The molecule has 0 aromatic heterocycles. The standard InChI is InChI=1S/C45H70N12O15/c1-2-3-4-5-6-7-8-9-10-11-16-49-39(66)31-21-37(64)52-32(23-58)44(71)53-27(17-25-12-14-26(60)15-13-25)41(68)54-28(18-34(46)61)40(67)50-22-38(65)51-29(19-35(47)62)42(69)57-33(24-59)45(72)55-30(20-36(48)63)43(70)56-31/h12-15,27-33,58-60H,2-11,16-24H2,1H3,(H2,46,61)(H2,47,62)(H2,48,63)(H,49,66)(H,50,67)(H,51,65)(H,52,64)(H,53,71)(H,54,68)(H,55,72)(H,56,70)(H,57,69)/t27-,28+,29+,30+,31-,32-,33+/m1/s1. The Morgan fingerprint density at radius 2 is 0.931 bits per heavy atom. The fraction of sp³-hybridized carbons (Fsp3) is 0.600. The lowest BCUT2D eigenvalue weighted by Gasteiger charge is -2.26. The van der Waals surface area contributed by atoms with Crippen molar-refractivity contribution in [2.24, 2.45) is 17.2 Å². The lowest BCUT2D eigenvalue weighted by atomic mass is 10.0. The van der Waals surface area contributed by atoms with E-state index in [1.807, 2.05) is 0 Å². The molecule has 0 spiro atoms. The molecule has 27 nitrogen and oxygen atoms in total. The molecule has 12 amide bonds. The minimum atomic E-state index is -1.95. The summed E-state index contributed by atoms with van der Waals surface area (Å²) in [6.45, 7) is -1.03. The number of carbonyl (C=O) groups is 12. The van der Waals surface area contributed by atoms with Gasteiger partial charge in [0.1, 0.15) is 48.0 Å². The Morgan fingerprint density at radius 3 is 1.44 bits per heavy atom. The smallest absolute Gasteiger partial charge is 0.245 e. The van der Waals surface area contributed by atoms with Gasteiger partial charge in [0.2, 0.25) is 70.9 Å². The van der Waals surface area contributed by atoms with Crippen LogP contribution in [-0.2, 0) is 64.0 Å². The summed E-state index contributed by atoms with van der Waals surface area (Å²) in [5.41, 5.74) is 16.3. The number of hydrogen-bond acceptors (Lipinski definition) is 15. The van der Waals surface area contributed by atoms with Crippen LogP contribution in [0, 0.1) is 0 Å². The molecule has 18 N–H and O–H groups in total. The number of unbranched alkanes of at least 4 members (excludes halogenated alkanes) is 9. The molecule has 0 unspecified atom stereocenters. The van der Waals surface area contributed by atoms with Crippen LogP contribution in [0.1, 0.15) is 102 Å². The molecule has 1 heterocycles. The predicted octanol–water partition coefficient (Wildman–Crippen LogP) is -5.50. The molecular weight excluding hydrogens is 949 g/mol. The number of aromatic hydroxyl groups is 1. The van der Waals surface area contributed by atoms with E-state index in [0.29, 0.717) is 12.0 Å². The van der Waals surface area contributed by atoms with Gasteiger partial charge in [-0.2, -0.15) is 0 Å². The SMILES string of the molecule is CCCCCCCCCCCCNC(=O)[C@H]1CC(=O)N[C@H](CO)C(=O)N[C@H](Cc2ccc(O)cc2)C(=O)N[C@@H](CC(N)=O)C(=O)NCC(=O)N[C@@H](CC(N)=O)C(=O)N[C@@H](CO)C(=O)N[C@@H](CC(N)=O)C(=O)N1. The normalized spacial score (nSPS) is 22.4. The van der Waals surface area contributed by atoms with Crippen molar-refractivity contribution in [2.45, 2.75) is 146 Å². The third-order valence-electron chi connectivity index (χ3n) is 11.1. The Balaban J connectivity index is 2.58. The van der Waals surface area contributed by atoms with Crippen LogP contribution >= 0.6 is 0 Å². The van der Waals surface area contributed by atoms with Gasteiger partial charge in [-0.3, -0.25) is 57.5 Å². The van der Waals surface area contributed by atoms with E-state index in [-0.39, 0.29) is 18.7 Å². The minimum absolute atomic E-state index is 0.0912. The van der Waals surface area contributed by atoms with Gasteiger partial charge in [-0.05, 0) is 24.1 Å². The van der Waals surface area contributed by atoms with Crippen LogP contribution in [0.15, 0.2) is 24.3 Å². The summed E-state index contributed by atoms with van der Waals surface area (Å²) in [7, 11) is 0. The molecular formula is C45H70N12O15. The Kier molecular flexibility index (Phi) is 27.4. The molecule has 1 fully saturated rings. The van der Waals surface area contributed by atoms with Crippen molar-refractivity contribution in [3.05, 3.63) is 29.8 Å². The van der Waals surface area contributed by atoms with Crippen molar-refractivity contribution in [1.29, 1.82) is 0 Å². The lowest BCUT2D eigenvalue weighted by molar-refractivity contribution is -0.137. The zero-order chi connectivity index (χ0) is 53.8. The molecule has 0 aliphatic carbocycles. The number of amides is 12. The van der Waals surface area contributed by atoms with E-state index < -0.39 is 159 Å². The fourth-order valence-electron chi connectivity index (χ4n) is 7.19. The monoisotopic (exact) mass is 1020 g/mol. The predicted molar refractivity (Wildman–Crippen MR) is 253 cm³/mol. The summed E-state index contributed by atoms with van der Waals surface area (Å²) in [5.74, 6) is -14.2. The van der Waals surface area contributed by atoms with Crippen LogP contribution in [0.2, 0.25) is 0 Å². The van der Waals surface area contributed by atoms with Crippen molar-refractivity contribution < 1.29 is 72.9 Å². The number of rotatable bonds is 22. The topological polar surface area (TPSA) is 452 Å². The zero-order valence-corrected chi connectivity index (χ0v) is 40.3. The molecule has 1 aromatic carbocycles. The van der Waals surface area contributed by atoms with Crippen molar-refractivity contribution >= 4 is 70.9 Å². The average molecular weight is 1020 g/mol. The maximum atomic E-state index is 13.9. The molecule has 27 heteroatoms. The number of phenols is 1. The average Bonchev–Trinajstić information content (AvgIpc) is 3.31. The summed E-state index contributed by atoms with van der Waals surface area (Å²) < 4.78 is 0. The third-order valence-corrected chi connectivity index (χ3v) is 11.1. The maximum Gasteiger partial charge on any atom is 0.245 e. The van der Waals surface area contributed by atoms with Crippen LogP contribution < -0.4 is 65.1 Å². The molecule has 0 radical (unpaired) electrons. The third kappa shape index (κ3) is 23.5. The van der Waals surface area contributed by atoms with Gasteiger partial charge >= 0.3 is 0 Å². The molecule has 2 rings (SSSR count). The van der Waals surface area contributed by atoms with Crippen molar-refractivity contribution in [3.8, 4) is 5.75 Å². The second-order valence-corrected chi connectivity index (χ2v) is 17.2. The number of benzene rings is 1. The van der Waals surface area contributed by atoms with Gasteiger partial charge in [-0.25, -0.2) is 0 Å². The fourth-order valence-corrected chi connectivity index (χ4v) is 7.19. The first-order chi connectivity index (χ1) is 34.2. The van der Waals surface area contributed by atoms with Gasteiger partial charge in [-0.1, -0.05) is 76.8 Å². The van der Waals surface area contributed by atoms with Crippen LogP contribution in [0.25, 0.3) is 0 Å². The summed E-state index contributed by atoms with van der Waals surface area (Å²) in [6, 6.07) is -7.58. The van der Waals surface area contributed by atoms with Crippen LogP contribution in [0.3, 0.4) is 0 Å². The number of hydrogen-bond donors (Lipinski definition) is 15. The number of nitrogens with one attached hydrogen (secondary N) is 9. The lowest BCUT2D eigenvalue weighted by Crippen LogP contribution is -2.60. The highest BCUT2D eigenvalue weighted by Crippen LogP contribution is 2.13. The van der Waals surface area contributed by atoms with E-state index in [1.165, 1.54) is 37.1 Å². The van der Waals surface area contributed by atoms with Crippen LogP contribution in [0.4, 0.5) is 0 Å². The number of nitrogens with two attached hydrogens (primary N) is 3. The van der Waals surface area contributed by atoms with Gasteiger partial charge in [0.05, 0.1) is 45.4 Å². The number of aliphatic hydroxyl groups excluding tert-OH is 2. The first kappa shape index (κ1) is 60.7. The van der Waals surface area contributed by atoms with Gasteiger partial charge in [0.25, 0.3) is 0 Å². The summed E-state index contributed by atoms with van der Waals surface area (Å²) >= 11 is 0. The van der Waals surface area contributed by atoms with Crippen LogP contribution in [-0.4, -0.2) is 155 Å². The van der Waals surface area contributed by atoms with Gasteiger partial charge in [0, 0.05) is 13.0 Å². The quantitative estimate of drug-likeness (QED) is 0.0482. The number of primary amides is 3. The molecule has 7 atom stereocenters. The van der Waals surface area contributed by atoms with E-state index in [4.69, 9.17) is 17.2 Å². The Morgan fingerprint density at radius 1 is 0.528 bits per heavy atom. The van der Waals surface area contributed by atoms with Crippen molar-refractivity contribution in [2.75, 3.05) is 26.3 Å². The second kappa shape index (κ2) is 32.5. The summed E-state index contributed by atoms with van der Waals surface area (Å²) in [6.07, 6.45) is 5.91. The Hall–Kier alpha value is -7.42. The summed E-state index contributed by atoms with van der Waals surface area (Å²) in [4.78, 5) is 158. The van der Waals surface area contributed by atoms with E-state index in [9.17, 15) is 72.9 Å². The first-order valence-corrected chi connectivity index (χ1v) is 23.7. The van der Waals surface area contributed by atoms with Crippen LogP contribution in [0.5, 0.6) is 5.75 Å². The molecule has 0 bridgehead atoms. The largest absolute Gasteiger partial charge is 0.508 e. The molecule has 0 saturated carbocycles. The first-order valence-electron chi connectivity index (χ1n) is 23.7. The van der Waals surface area contributed by atoms with Gasteiger partial charge in [0.15, 0.2) is 0 Å². The number of phenolic OH excluding ortho intramolecular Hbond substituents is 1. The van der Waals surface area contributed by atoms with E-state index in [2.05, 4.69) is 54.8 Å². The second-order valence-electron chi connectivity index (χ2n) is 17.2. The highest BCUT2D eigenvalue weighted by atomic mass is 16.3. The number of carbonyl (C=O) groups excluding carboxylic acids is 12. The number of aliphatic hydroxyl groups is 2. The molecule has 1 aromatic rings. The van der Waals surface area contributed by atoms with Gasteiger partial charge in [-0.15, -0.1) is 0 Å². The Labute approximate surface area is 415 Å². The molecule has 1 aliphatic heterocycles. The molecule has 1 saturated heterocycles. The van der Waals surface area contributed by atoms with Crippen molar-refractivity contribution in [1.82, 2.24) is 47.9 Å². The van der Waals surface area contributed by atoms with E-state index >= 15 is 0 Å². The van der Waals surface area contributed by atoms with Crippen molar-refractivity contribution in [3.63, 3.8) is 0 Å². The highest BCUT2D eigenvalue weighted by Gasteiger charge is 2.35. The highest BCUT2D eigenvalue weighted by molar-refractivity contribution is 6.00. The molecule has 400 valence electrons. The minimum Gasteiger partial charge on any atom is -0.508 e. The zero-order valence-electron chi connectivity index (χ0n) is 40.3. The maximum absolute atomic E-state index is 13.9. The van der Waals surface area contributed by atoms with Gasteiger partial charge < -0.3 is 80.4 Å². The van der Waals surface area contributed by atoms with E-state index in [1.54, 1.807) is 0 Å². The summed E-state index contributed by atoms with van der Waals surface area (Å²) in [5, 5.41) is 50.3.